The highest BCUT2D eigenvalue weighted by molar-refractivity contribution is 5.88. The summed E-state index contributed by atoms with van der Waals surface area (Å²) in [5, 5.41) is 30.8. The molecule has 0 aliphatic rings. The molecular formula is C28H50N8O5. The zero-order chi connectivity index (χ0) is 30.5. The molecule has 0 aliphatic heterocycles. The molecule has 41 heavy (non-hydrogen) atoms. The molecule has 1 rings (SSSR count). The summed E-state index contributed by atoms with van der Waals surface area (Å²) in [4.78, 5) is 40.1. The molecule has 0 radical (unpaired) electrons. The standard InChI is InChI=1S/C28H50N8O5/c1-20(36-25(39)18-21-10-11-22(37)19-24(21)38)26(40)33-16-9-8-14-32-13-6-4-2-3-5-7-15-34-27(41)23(29)12-17-35-28(30)31/h10-11,19-20,23,32,37-38H,2-9,12-18,29H2,1H3,(H,33,40)(H,34,41)(H,36,39)(H4,30,31,35)/t20-,23-/m0/s1. The predicted molar refractivity (Wildman–Crippen MR) is 160 cm³/mol. The van der Waals surface area contributed by atoms with Crippen LogP contribution in [0.1, 0.15) is 70.3 Å². The first-order valence-corrected chi connectivity index (χ1v) is 14.5. The molecule has 0 saturated heterocycles. The van der Waals surface area contributed by atoms with Crippen molar-refractivity contribution in [1.82, 2.24) is 21.3 Å². The van der Waals surface area contributed by atoms with Gasteiger partial charge in [0.25, 0.3) is 0 Å². The Hall–Kier alpha value is -3.58. The third kappa shape index (κ3) is 17.7. The minimum absolute atomic E-state index is 0.00346. The Morgan fingerprint density at radius 1 is 0.854 bits per heavy atom. The van der Waals surface area contributed by atoms with Gasteiger partial charge in [-0.3, -0.25) is 19.4 Å². The number of aromatic hydroxyl groups is 2. The van der Waals surface area contributed by atoms with Gasteiger partial charge in [-0.2, -0.15) is 0 Å². The van der Waals surface area contributed by atoms with E-state index in [2.05, 4.69) is 26.3 Å². The Balaban J connectivity index is 1.93. The number of nitrogens with one attached hydrogen (secondary N) is 4. The van der Waals surface area contributed by atoms with Gasteiger partial charge in [0.1, 0.15) is 17.5 Å². The summed E-state index contributed by atoms with van der Waals surface area (Å²) < 4.78 is 0. The third-order valence-electron chi connectivity index (χ3n) is 6.42. The van der Waals surface area contributed by atoms with E-state index >= 15 is 0 Å². The predicted octanol–water partition coefficient (Wildman–Crippen LogP) is 0.0786. The van der Waals surface area contributed by atoms with E-state index in [4.69, 9.17) is 17.2 Å². The normalized spacial score (nSPS) is 12.2. The lowest BCUT2D eigenvalue weighted by Crippen LogP contribution is -2.45. The van der Waals surface area contributed by atoms with Crippen LogP contribution in [0.4, 0.5) is 0 Å². The van der Waals surface area contributed by atoms with Crippen LogP contribution in [0.2, 0.25) is 0 Å². The van der Waals surface area contributed by atoms with Crippen molar-refractivity contribution in [3.63, 3.8) is 0 Å². The van der Waals surface area contributed by atoms with E-state index in [1.807, 2.05) is 0 Å². The minimum atomic E-state index is -0.690. The fourth-order valence-electron chi connectivity index (χ4n) is 3.99. The Bertz CT molecular complexity index is 955. The number of hydrogen-bond acceptors (Lipinski definition) is 8. The zero-order valence-corrected chi connectivity index (χ0v) is 24.3. The number of phenolic OH excluding ortho intramolecular Hbond substituents is 2. The fraction of sp³-hybridized carbons (Fsp3) is 0.643. The minimum Gasteiger partial charge on any atom is -0.508 e. The largest absolute Gasteiger partial charge is 0.508 e. The van der Waals surface area contributed by atoms with Crippen molar-refractivity contribution in [3.8, 4) is 11.5 Å². The number of unbranched alkanes of at least 4 members (excludes halogenated alkanes) is 6. The number of nitrogens with zero attached hydrogens (tertiary/aromatic N) is 1. The Morgan fingerprint density at radius 2 is 1.41 bits per heavy atom. The van der Waals surface area contributed by atoms with E-state index in [1.54, 1.807) is 6.92 Å². The summed E-state index contributed by atoms with van der Waals surface area (Å²) in [7, 11) is 0. The molecule has 2 atom stereocenters. The van der Waals surface area contributed by atoms with E-state index in [-0.39, 0.29) is 41.6 Å². The number of carbonyl (C=O) groups is 3. The molecule has 0 unspecified atom stereocenters. The first-order valence-electron chi connectivity index (χ1n) is 14.5. The summed E-state index contributed by atoms with van der Waals surface area (Å²) in [5.41, 5.74) is 16.7. The third-order valence-corrected chi connectivity index (χ3v) is 6.42. The molecule has 0 aliphatic carbocycles. The summed E-state index contributed by atoms with van der Waals surface area (Å²) in [6.45, 7) is 4.94. The first-order chi connectivity index (χ1) is 19.6. The molecule has 232 valence electrons. The van der Waals surface area contributed by atoms with Gasteiger partial charge in [-0.05, 0) is 58.2 Å². The van der Waals surface area contributed by atoms with Crippen molar-refractivity contribution in [1.29, 1.82) is 0 Å². The molecule has 0 heterocycles. The van der Waals surface area contributed by atoms with E-state index in [1.165, 1.54) is 18.2 Å². The monoisotopic (exact) mass is 578 g/mol. The topological polar surface area (TPSA) is 230 Å². The number of aliphatic imine (C=N–C) groups is 1. The van der Waals surface area contributed by atoms with E-state index in [0.717, 1.165) is 64.5 Å². The molecular weight excluding hydrogens is 528 g/mol. The average Bonchev–Trinajstić information content (AvgIpc) is 2.91. The second kappa shape index (κ2) is 21.2. The Kier molecular flexibility index (Phi) is 18.3. The Morgan fingerprint density at radius 3 is 2.05 bits per heavy atom. The molecule has 3 amide bonds. The van der Waals surface area contributed by atoms with Gasteiger partial charge < -0.3 is 48.7 Å². The summed E-state index contributed by atoms with van der Waals surface area (Å²) in [5.74, 6) is -1.07. The number of guanidine groups is 1. The highest BCUT2D eigenvalue weighted by atomic mass is 16.3. The lowest BCUT2D eigenvalue weighted by atomic mass is 10.1. The highest BCUT2D eigenvalue weighted by Gasteiger charge is 2.16. The van der Waals surface area contributed by atoms with Crippen molar-refractivity contribution >= 4 is 23.7 Å². The van der Waals surface area contributed by atoms with Gasteiger partial charge in [0, 0.05) is 31.3 Å². The molecule has 0 aromatic heterocycles. The van der Waals surface area contributed by atoms with Gasteiger partial charge in [0.05, 0.1) is 12.5 Å². The first kappa shape index (κ1) is 35.4. The van der Waals surface area contributed by atoms with Crippen LogP contribution in [-0.4, -0.2) is 78.7 Å². The second-order valence-corrected chi connectivity index (χ2v) is 10.1. The van der Waals surface area contributed by atoms with Crippen LogP contribution < -0.4 is 38.5 Å². The van der Waals surface area contributed by atoms with Crippen LogP contribution >= 0.6 is 0 Å². The van der Waals surface area contributed by atoms with Gasteiger partial charge in [-0.25, -0.2) is 0 Å². The van der Waals surface area contributed by atoms with Crippen molar-refractivity contribution in [3.05, 3.63) is 23.8 Å². The van der Waals surface area contributed by atoms with Gasteiger partial charge >= 0.3 is 0 Å². The maximum atomic E-state index is 12.2. The maximum Gasteiger partial charge on any atom is 0.242 e. The van der Waals surface area contributed by atoms with Crippen LogP contribution in [0, 0.1) is 0 Å². The molecule has 0 bridgehead atoms. The smallest absolute Gasteiger partial charge is 0.242 e. The van der Waals surface area contributed by atoms with Gasteiger partial charge in [0.2, 0.25) is 17.7 Å². The van der Waals surface area contributed by atoms with Crippen LogP contribution in [0.5, 0.6) is 11.5 Å². The summed E-state index contributed by atoms with van der Waals surface area (Å²) in [6.07, 6.45) is 8.63. The second-order valence-electron chi connectivity index (χ2n) is 10.1. The molecule has 13 nitrogen and oxygen atoms in total. The SMILES string of the molecule is C[C@H](NC(=O)Cc1ccc(O)cc1O)C(=O)NCCCCNCCCCCCCCNC(=O)[C@@H](N)CCN=C(N)N. The molecule has 0 fully saturated rings. The lowest BCUT2D eigenvalue weighted by molar-refractivity contribution is -0.128. The van der Waals surface area contributed by atoms with Crippen molar-refractivity contribution in [2.24, 2.45) is 22.2 Å². The summed E-state index contributed by atoms with van der Waals surface area (Å²) >= 11 is 0. The average molecular weight is 579 g/mol. The summed E-state index contributed by atoms with van der Waals surface area (Å²) in [6, 6.07) is 2.73. The number of nitrogens with two attached hydrogens (primary N) is 3. The highest BCUT2D eigenvalue weighted by Crippen LogP contribution is 2.22. The van der Waals surface area contributed by atoms with Crippen LogP contribution in [-0.2, 0) is 20.8 Å². The maximum absolute atomic E-state index is 12.2. The van der Waals surface area contributed by atoms with Gasteiger partial charge in [-0.15, -0.1) is 0 Å². The fourth-order valence-corrected chi connectivity index (χ4v) is 3.99. The Labute approximate surface area is 243 Å². The van der Waals surface area contributed by atoms with Crippen molar-refractivity contribution < 1.29 is 24.6 Å². The molecule has 13 heteroatoms. The van der Waals surface area contributed by atoms with Crippen LogP contribution in [0.3, 0.4) is 0 Å². The number of benzene rings is 1. The van der Waals surface area contributed by atoms with Crippen molar-refractivity contribution in [2.75, 3.05) is 32.7 Å². The lowest BCUT2D eigenvalue weighted by Gasteiger charge is -2.14. The molecule has 12 N–H and O–H groups in total. The van der Waals surface area contributed by atoms with Crippen LogP contribution in [0.25, 0.3) is 0 Å². The quantitative estimate of drug-likeness (QED) is 0.0514. The van der Waals surface area contributed by atoms with E-state index in [0.29, 0.717) is 31.6 Å². The molecule has 1 aromatic carbocycles. The molecule has 0 spiro atoms. The number of hydrogen-bond donors (Lipinski definition) is 9. The van der Waals surface area contributed by atoms with E-state index in [9.17, 15) is 24.6 Å². The zero-order valence-electron chi connectivity index (χ0n) is 24.3. The number of carbonyl (C=O) groups excluding carboxylic acids is 3. The van der Waals surface area contributed by atoms with Gasteiger partial charge in [0.15, 0.2) is 5.96 Å². The van der Waals surface area contributed by atoms with Gasteiger partial charge in [-0.1, -0.05) is 31.7 Å². The number of amides is 3. The molecule has 0 saturated carbocycles. The number of phenols is 2. The van der Waals surface area contributed by atoms with Crippen LogP contribution in [0.15, 0.2) is 23.2 Å². The van der Waals surface area contributed by atoms with Crippen molar-refractivity contribution in [2.45, 2.75) is 83.2 Å². The van der Waals surface area contributed by atoms with E-state index < -0.39 is 12.1 Å². The molecule has 1 aromatic rings. The number of rotatable bonds is 22.